The first-order valence-corrected chi connectivity index (χ1v) is 7.94. The lowest BCUT2D eigenvalue weighted by Gasteiger charge is -2.39. The van der Waals surface area contributed by atoms with Gasteiger partial charge in [0.1, 0.15) is 12.7 Å². The summed E-state index contributed by atoms with van der Waals surface area (Å²) in [5, 5.41) is 2.78. The maximum absolute atomic E-state index is 11.9. The molecule has 1 N–H and O–H groups in total. The molecule has 1 saturated heterocycles. The number of para-hydroxylation sites is 2. The number of hydrogen-bond donors (Lipinski definition) is 1. The Balaban J connectivity index is 1.53. The van der Waals surface area contributed by atoms with E-state index in [1.807, 2.05) is 24.3 Å². The molecule has 5 nitrogen and oxygen atoms in total. The van der Waals surface area contributed by atoms with Crippen LogP contribution in [0.2, 0.25) is 0 Å². The van der Waals surface area contributed by atoms with Gasteiger partial charge in [-0.05, 0) is 38.1 Å². The lowest BCUT2D eigenvalue weighted by Crippen LogP contribution is -2.49. The minimum absolute atomic E-state index is 0.0549. The van der Waals surface area contributed by atoms with Crippen molar-refractivity contribution in [1.29, 1.82) is 0 Å². The molecule has 1 aromatic carbocycles. The van der Waals surface area contributed by atoms with E-state index in [1.165, 1.54) is 0 Å². The monoisotopic (exact) mass is 304 g/mol. The van der Waals surface area contributed by atoms with Gasteiger partial charge in [0.05, 0.1) is 0 Å². The smallest absolute Gasteiger partial charge is 0.225 e. The first kappa shape index (κ1) is 15.2. The molecule has 3 rings (SSSR count). The van der Waals surface area contributed by atoms with Gasteiger partial charge in [-0.1, -0.05) is 19.1 Å². The number of amides is 1. The number of nitrogens with one attached hydrogen (secondary N) is 1. The van der Waals surface area contributed by atoms with Crippen molar-refractivity contribution in [3.05, 3.63) is 24.3 Å². The van der Waals surface area contributed by atoms with Crippen molar-refractivity contribution in [2.45, 2.75) is 25.9 Å². The summed E-state index contributed by atoms with van der Waals surface area (Å²) in [6.45, 7) is 5.33. The molecule has 120 valence electrons. The Morgan fingerprint density at radius 1 is 1.32 bits per heavy atom. The van der Waals surface area contributed by atoms with Crippen molar-refractivity contribution in [3.8, 4) is 11.5 Å². The van der Waals surface area contributed by atoms with E-state index in [-0.39, 0.29) is 17.4 Å². The quantitative estimate of drug-likeness (QED) is 0.923. The Hall–Kier alpha value is -1.75. The third kappa shape index (κ3) is 3.04. The van der Waals surface area contributed by atoms with Crippen molar-refractivity contribution in [1.82, 2.24) is 10.2 Å². The number of ether oxygens (including phenoxy) is 2. The fraction of sp³-hybridized carbons (Fsp3) is 0.588. The maximum Gasteiger partial charge on any atom is 0.225 e. The zero-order valence-corrected chi connectivity index (χ0v) is 13.3. The van der Waals surface area contributed by atoms with Crippen LogP contribution in [0.15, 0.2) is 24.3 Å². The minimum atomic E-state index is -0.234. The number of carbonyl (C=O) groups excluding carboxylic acids is 1. The highest BCUT2D eigenvalue weighted by Crippen LogP contribution is 2.33. The Labute approximate surface area is 131 Å². The number of rotatable bonds is 3. The van der Waals surface area contributed by atoms with Crippen molar-refractivity contribution in [3.63, 3.8) is 0 Å². The van der Waals surface area contributed by atoms with E-state index >= 15 is 0 Å². The highest BCUT2D eigenvalue weighted by Gasteiger charge is 2.37. The molecule has 5 heteroatoms. The van der Waals surface area contributed by atoms with Crippen molar-refractivity contribution in [2.75, 3.05) is 33.3 Å². The second-order valence-corrected chi connectivity index (χ2v) is 6.44. The molecule has 2 aliphatic heterocycles. The molecule has 1 fully saturated rings. The average Bonchev–Trinajstić information content (AvgIpc) is 2.56. The first-order valence-electron chi connectivity index (χ1n) is 7.94. The molecule has 0 aliphatic carbocycles. The van der Waals surface area contributed by atoms with Crippen molar-refractivity contribution in [2.24, 2.45) is 5.41 Å². The predicted octanol–water partition coefficient (Wildman–Crippen LogP) is 1.67. The van der Waals surface area contributed by atoms with Crippen LogP contribution in [0.3, 0.4) is 0 Å². The normalized spacial score (nSPS) is 23.8. The fourth-order valence-electron chi connectivity index (χ4n) is 3.20. The van der Waals surface area contributed by atoms with Crippen LogP contribution in [-0.4, -0.2) is 50.2 Å². The maximum atomic E-state index is 11.9. The number of likely N-dealkylation sites (tertiary alicyclic amines) is 1. The second-order valence-electron chi connectivity index (χ2n) is 6.44. The summed E-state index contributed by atoms with van der Waals surface area (Å²) >= 11 is 0. The topological polar surface area (TPSA) is 50.8 Å². The molecule has 0 bridgehead atoms. The molecule has 0 aromatic heterocycles. The van der Waals surface area contributed by atoms with Gasteiger partial charge >= 0.3 is 0 Å². The van der Waals surface area contributed by atoms with Gasteiger partial charge in [0.15, 0.2) is 11.5 Å². The summed E-state index contributed by atoms with van der Waals surface area (Å²) in [6, 6.07) is 7.79. The summed E-state index contributed by atoms with van der Waals surface area (Å²) in [4.78, 5) is 14.3. The van der Waals surface area contributed by atoms with Crippen LogP contribution in [0.25, 0.3) is 0 Å². The molecule has 22 heavy (non-hydrogen) atoms. The summed E-state index contributed by atoms with van der Waals surface area (Å²) in [7, 11) is 1.71. The van der Waals surface area contributed by atoms with Crippen LogP contribution < -0.4 is 14.8 Å². The molecule has 2 heterocycles. The zero-order valence-electron chi connectivity index (χ0n) is 13.3. The molecule has 2 aliphatic rings. The molecule has 1 amide bonds. The third-order valence-corrected chi connectivity index (χ3v) is 4.76. The highest BCUT2D eigenvalue weighted by molar-refractivity contribution is 5.82. The van der Waals surface area contributed by atoms with Crippen LogP contribution in [0.5, 0.6) is 11.5 Å². The Kier molecular flexibility index (Phi) is 4.25. The van der Waals surface area contributed by atoms with E-state index < -0.39 is 0 Å². The van der Waals surface area contributed by atoms with E-state index in [0.717, 1.165) is 44.0 Å². The summed E-state index contributed by atoms with van der Waals surface area (Å²) < 4.78 is 11.8. The summed E-state index contributed by atoms with van der Waals surface area (Å²) in [5.41, 5.74) is -0.234. The Morgan fingerprint density at radius 2 is 2.00 bits per heavy atom. The predicted molar refractivity (Wildman–Crippen MR) is 84.2 cm³/mol. The molecule has 1 atom stereocenters. The van der Waals surface area contributed by atoms with Gasteiger partial charge in [-0.25, -0.2) is 0 Å². The summed E-state index contributed by atoms with van der Waals surface area (Å²) in [6.07, 6.45) is 1.83. The number of nitrogens with zero attached hydrogens (tertiary/aromatic N) is 1. The number of benzene rings is 1. The van der Waals surface area contributed by atoms with E-state index in [1.54, 1.807) is 7.05 Å². The minimum Gasteiger partial charge on any atom is -0.486 e. The fourth-order valence-corrected chi connectivity index (χ4v) is 3.20. The number of carbonyl (C=O) groups is 1. The molecule has 0 saturated carbocycles. The molecule has 1 aromatic rings. The standard InChI is InChI=1S/C17H24N2O3/c1-17(16(20)18-2)7-9-19(10-8-17)11-13-12-21-14-5-3-4-6-15(14)22-13/h3-6,13H,7-12H2,1-2H3,(H,18,20). The van der Waals surface area contributed by atoms with E-state index in [0.29, 0.717) is 6.61 Å². The SMILES string of the molecule is CNC(=O)C1(C)CCN(CC2COc3ccccc3O2)CC1. The number of hydrogen-bond acceptors (Lipinski definition) is 4. The van der Waals surface area contributed by atoms with Gasteiger partial charge in [-0.15, -0.1) is 0 Å². The number of fused-ring (bicyclic) bond motifs is 1. The Bertz CT molecular complexity index is 538. The van der Waals surface area contributed by atoms with Crippen LogP contribution in [0, 0.1) is 5.41 Å². The molecule has 0 radical (unpaired) electrons. The van der Waals surface area contributed by atoms with Gasteiger partial charge in [0, 0.05) is 19.0 Å². The van der Waals surface area contributed by atoms with Crippen LogP contribution in [-0.2, 0) is 4.79 Å². The Morgan fingerprint density at radius 3 is 2.68 bits per heavy atom. The van der Waals surface area contributed by atoms with E-state index in [9.17, 15) is 4.79 Å². The molecule has 1 unspecified atom stereocenters. The van der Waals surface area contributed by atoms with E-state index in [2.05, 4.69) is 17.1 Å². The van der Waals surface area contributed by atoms with Crippen molar-refractivity contribution < 1.29 is 14.3 Å². The van der Waals surface area contributed by atoms with Gasteiger partial charge < -0.3 is 14.8 Å². The van der Waals surface area contributed by atoms with Gasteiger partial charge in [-0.2, -0.15) is 0 Å². The third-order valence-electron chi connectivity index (χ3n) is 4.76. The number of piperidine rings is 1. The largest absolute Gasteiger partial charge is 0.486 e. The summed E-state index contributed by atoms with van der Waals surface area (Å²) in [5.74, 6) is 1.80. The van der Waals surface area contributed by atoms with Gasteiger partial charge in [0.2, 0.25) is 5.91 Å². The van der Waals surface area contributed by atoms with Crippen molar-refractivity contribution >= 4 is 5.91 Å². The van der Waals surface area contributed by atoms with Crippen LogP contribution in [0.1, 0.15) is 19.8 Å². The lowest BCUT2D eigenvalue weighted by atomic mass is 9.79. The molecular formula is C17H24N2O3. The van der Waals surface area contributed by atoms with Gasteiger partial charge in [-0.3, -0.25) is 9.69 Å². The molecule has 0 spiro atoms. The highest BCUT2D eigenvalue weighted by atomic mass is 16.6. The second kappa shape index (κ2) is 6.16. The van der Waals surface area contributed by atoms with E-state index in [4.69, 9.17) is 9.47 Å². The van der Waals surface area contributed by atoms with Crippen LogP contribution in [0.4, 0.5) is 0 Å². The van der Waals surface area contributed by atoms with Crippen LogP contribution >= 0.6 is 0 Å². The lowest BCUT2D eigenvalue weighted by molar-refractivity contribution is -0.132. The molecular weight excluding hydrogens is 280 g/mol. The first-order chi connectivity index (χ1) is 10.6. The average molecular weight is 304 g/mol. The zero-order chi connectivity index (χ0) is 15.6. The van der Waals surface area contributed by atoms with Gasteiger partial charge in [0.25, 0.3) is 0 Å².